The van der Waals surface area contributed by atoms with E-state index in [-0.39, 0.29) is 0 Å². The summed E-state index contributed by atoms with van der Waals surface area (Å²) in [6, 6.07) is 0. The maximum Gasteiger partial charge on any atom is 0.0320 e. The molecule has 0 aromatic carbocycles. The Hall–Kier alpha value is -0.790. The highest BCUT2D eigenvalue weighted by molar-refractivity contribution is 5.78. The summed E-state index contributed by atoms with van der Waals surface area (Å²) < 4.78 is 0. The average Bonchev–Trinajstić information content (AvgIpc) is 1.82. The lowest BCUT2D eigenvalue weighted by molar-refractivity contribution is 0.864. The van der Waals surface area contributed by atoms with Gasteiger partial charge in [-0.1, -0.05) is 5.57 Å². The van der Waals surface area contributed by atoms with Gasteiger partial charge in [0, 0.05) is 11.4 Å². The van der Waals surface area contributed by atoms with Crippen molar-refractivity contribution in [2.45, 2.75) is 34.6 Å². The summed E-state index contributed by atoms with van der Waals surface area (Å²) >= 11 is 0. The minimum atomic E-state index is 1.04. The smallest absolute Gasteiger partial charge is 0.0320 e. The average molecular weight is 140 g/mol. The van der Waals surface area contributed by atoms with Gasteiger partial charge in [0.05, 0.1) is 0 Å². The third kappa shape index (κ3) is 4.13. The highest BCUT2D eigenvalue weighted by Crippen LogP contribution is 1.96. The van der Waals surface area contributed by atoms with Crippen molar-refractivity contribution in [2.75, 3.05) is 0 Å². The van der Waals surface area contributed by atoms with Crippen molar-refractivity contribution in [1.82, 2.24) is 5.43 Å². The lowest BCUT2D eigenvalue weighted by Crippen LogP contribution is -2.05. The fourth-order valence-electron chi connectivity index (χ4n) is 0.307. The first-order chi connectivity index (χ1) is 4.54. The zero-order chi connectivity index (χ0) is 8.15. The van der Waals surface area contributed by atoms with Crippen LogP contribution in [-0.2, 0) is 0 Å². The van der Waals surface area contributed by atoms with E-state index in [9.17, 15) is 0 Å². The molecule has 0 aromatic rings. The van der Waals surface area contributed by atoms with Crippen LogP contribution in [0.15, 0.2) is 16.4 Å². The standard InChI is InChI=1S/C8H16N2/c1-6(2)8(5)10-9-7(3)4/h10H,1-5H3. The van der Waals surface area contributed by atoms with E-state index in [4.69, 9.17) is 0 Å². The highest BCUT2D eigenvalue weighted by atomic mass is 15.3. The Kier molecular flexibility index (Phi) is 3.77. The van der Waals surface area contributed by atoms with Crippen molar-refractivity contribution in [1.29, 1.82) is 0 Å². The lowest BCUT2D eigenvalue weighted by atomic mass is 10.3. The molecule has 0 unspecified atom stereocenters. The second kappa shape index (κ2) is 4.09. The highest BCUT2D eigenvalue weighted by Gasteiger charge is 1.86. The van der Waals surface area contributed by atoms with Crippen molar-refractivity contribution >= 4 is 5.71 Å². The Morgan fingerprint density at radius 3 is 1.80 bits per heavy atom. The van der Waals surface area contributed by atoms with E-state index in [2.05, 4.69) is 24.4 Å². The lowest BCUT2D eigenvalue weighted by Gasteiger charge is -2.01. The van der Waals surface area contributed by atoms with Gasteiger partial charge in [0.25, 0.3) is 0 Å². The van der Waals surface area contributed by atoms with Gasteiger partial charge in [0.2, 0.25) is 0 Å². The molecule has 0 saturated carbocycles. The largest absolute Gasteiger partial charge is 0.283 e. The van der Waals surface area contributed by atoms with E-state index in [1.54, 1.807) is 0 Å². The Bertz CT molecular complexity index is 158. The van der Waals surface area contributed by atoms with Gasteiger partial charge in [-0.15, -0.1) is 0 Å². The third-order valence-corrected chi connectivity index (χ3v) is 1.20. The molecule has 1 N–H and O–H groups in total. The fraction of sp³-hybridized carbons (Fsp3) is 0.625. The number of hydrogen-bond donors (Lipinski definition) is 1. The van der Waals surface area contributed by atoms with Crippen LogP contribution < -0.4 is 5.43 Å². The zero-order valence-electron chi connectivity index (χ0n) is 7.45. The van der Waals surface area contributed by atoms with Crippen LogP contribution in [-0.4, -0.2) is 5.71 Å². The Morgan fingerprint density at radius 2 is 1.50 bits per heavy atom. The summed E-state index contributed by atoms with van der Waals surface area (Å²) in [6.07, 6.45) is 0. The molecule has 0 bridgehead atoms. The van der Waals surface area contributed by atoms with E-state index in [1.807, 2.05) is 20.8 Å². The topological polar surface area (TPSA) is 24.4 Å². The summed E-state index contributed by atoms with van der Waals surface area (Å²) in [5.74, 6) is 0. The predicted molar refractivity (Wildman–Crippen MR) is 46.0 cm³/mol. The first kappa shape index (κ1) is 9.21. The van der Waals surface area contributed by atoms with Crippen LogP contribution in [0.3, 0.4) is 0 Å². The van der Waals surface area contributed by atoms with E-state index in [1.165, 1.54) is 5.57 Å². The van der Waals surface area contributed by atoms with Crippen molar-refractivity contribution in [3.05, 3.63) is 11.3 Å². The first-order valence-electron chi connectivity index (χ1n) is 3.45. The molecule has 0 aromatic heterocycles. The van der Waals surface area contributed by atoms with Crippen molar-refractivity contribution < 1.29 is 0 Å². The van der Waals surface area contributed by atoms with Crippen LogP contribution in [0.2, 0.25) is 0 Å². The number of nitrogens with one attached hydrogen (secondary N) is 1. The molecule has 0 aliphatic carbocycles. The van der Waals surface area contributed by atoms with Gasteiger partial charge >= 0.3 is 0 Å². The van der Waals surface area contributed by atoms with Crippen LogP contribution >= 0.6 is 0 Å². The van der Waals surface area contributed by atoms with Gasteiger partial charge < -0.3 is 0 Å². The number of nitrogens with zero attached hydrogens (tertiary/aromatic N) is 1. The van der Waals surface area contributed by atoms with E-state index in [0.717, 1.165) is 11.4 Å². The quantitative estimate of drug-likeness (QED) is 0.462. The number of rotatable bonds is 2. The molecule has 0 amide bonds. The summed E-state index contributed by atoms with van der Waals surface area (Å²) in [7, 11) is 0. The molecule has 0 heterocycles. The second-order valence-corrected chi connectivity index (χ2v) is 2.80. The van der Waals surface area contributed by atoms with Crippen LogP contribution in [0, 0.1) is 0 Å². The molecule has 0 fully saturated rings. The third-order valence-electron chi connectivity index (χ3n) is 1.20. The van der Waals surface area contributed by atoms with Crippen LogP contribution in [0.1, 0.15) is 34.6 Å². The van der Waals surface area contributed by atoms with Crippen LogP contribution in [0.25, 0.3) is 0 Å². The van der Waals surface area contributed by atoms with Gasteiger partial charge in [-0.25, -0.2) is 0 Å². The van der Waals surface area contributed by atoms with E-state index < -0.39 is 0 Å². The monoisotopic (exact) mass is 140 g/mol. The summed E-state index contributed by atoms with van der Waals surface area (Å²) in [5.41, 5.74) is 6.39. The van der Waals surface area contributed by atoms with Crippen LogP contribution in [0.5, 0.6) is 0 Å². The number of allylic oxidation sites excluding steroid dienone is 2. The van der Waals surface area contributed by atoms with Gasteiger partial charge in [-0.05, 0) is 34.6 Å². The molecule has 0 atom stereocenters. The summed E-state index contributed by atoms with van der Waals surface area (Å²) in [6.45, 7) is 10.1. The van der Waals surface area contributed by atoms with Gasteiger partial charge in [-0.2, -0.15) is 5.10 Å². The molecule has 0 radical (unpaired) electrons. The normalized spacial score (nSPS) is 8.50. The van der Waals surface area contributed by atoms with Crippen molar-refractivity contribution in [3.8, 4) is 0 Å². The maximum atomic E-state index is 4.05. The van der Waals surface area contributed by atoms with Crippen LogP contribution in [0.4, 0.5) is 0 Å². The molecule has 58 valence electrons. The van der Waals surface area contributed by atoms with Crippen molar-refractivity contribution in [3.63, 3.8) is 0 Å². The SMILES string of the molecule is CC(C)=NNC(C)=C(C)C. The van der Waals surface area contributed by atoms with E-state index in [0.29, 0.717) is 0 Å². The number of hydrazone groups is 1. The summed E-state index contributed by atoms with van der Waals surface area (Å²) in [4.78, 5) is 0. The molecule has 2 nitrogen and oxygen atoms in total. The summed E-state index contributed by atoms with van der Waals surface area (Å²) in [5, 5.41) is 4.05. The molecule has 2 heteroatoms. The molecule has 10 heavy (non-hydrogen) atoms. The fourth-order valence-corrected chi connectivity index (χ4v) is 0.307. The van der Waals surface area contributed by atoms with Gasteiger partial charge in [0.1, 0.15) is 0 Å². The molecule has 0 spiro atoms. The Morgan fingerprint density at radius 1 is 1.00 bits per heavy atom. The van der Waals surface area contributed by atoms with E-state index >= 15 is 0 Å². The molecule has 0 aliphatic heterocycles. The zero-order valence-corrected chi connectivity index (χ0v) is 7.45. The van der Waals surface area contributed by atoms with Gasteiger partial charge in [-0.3, -0.25) is 5.43 Å². The molecule has 0 saturated heterocycles. The molecule has 0 rings (SSSR count). The Labute approximate surface area is 63.0 Å². The minimum Gasteiger partial charge on any atom is -0.283 e. The molecule has 0 aliphatic rings. The number of hydrogen-bond acceptors (Lipinski definition) is 2. The first-order valence-corrected chi connectivity index (χ1v) is 3.45. The predicted octanol–water partition coefficient (Wildman–Crippen LogP) is 2.29. The maximum absolute atomic E-state index is 4.05. The molecular formula is C8H16N2. The Balaban J connectivity index is 3.94. The van der Waals surface area contributed by atoms with Gasteiger partial charge in [0.15, 0.2) is 0 Å². The molecular weight excluding hydrogens is 124 g/mol. The van der Waals surface area contributed by atoms with Crippen molar-refractivity contribution in [2.24, 2.45) is 5.10 Å². The minimum absolute atomic E-state index is 1.04. The second-order valence-electron chi connectivity index (χ2n) is 2.80.